The number of fused-ring (bicyclic) bond motifs is 1. The molecule has 1 aromatic heterocycles. The normalized spacial score (nSPS) is 21.5. The first-order chi connectivity index (χ1) is 9.19. The molecule has 0 aliphatic heterocycles. The molecule has 0 fully saturated rings. The number of aryl methyl sites for hydroxylation is 1. The third-order valence-electron chi connectivity index (χ3n) is 4.23. The second kappa shape index (κ2) is 4.78. The monoisotopic (exact) mass is 253 g/mol. The zero-order chi connectivity index (χ0) is 13.3. The number of pyridine rings is 1. The molecular formula is C17H19NO. The molecule has 1 aromatic carbocycles. The van der Waals surface area contributed by atoms with Crippen LogP contribution in [-0.2, 0) is 12.0 Å². The van der Waals surface area contributed by atoms with Crippen molar-refractivity contribution in [3.63, 3.8) is 0 Å². The predicted molar refractivity (Wildman–Crippen MR) is 75.9 cm³/mol. The van der Waals surface area contributed by atoms with Crippen LogP contribution < -0.4 is 0 Å². The summed E-state index contributed by atoms with van der Waals surface area (Å²) < 4.78 is 0. The molecule has 0 bridgehead atoms. The van der Waals surface area contributed by atoms with Crippen LogP contribution in [0.2, 0.25) is 0 Å². The Morgan fingerprint density at radius 2 is 1.95 bits per heavy atom. The van der Waals surface area contributed by atoms with Crippen molar-refractivity contribution >= 4 is 0 Å². The molecule has 1 N–H and O–H groups in total. The summed E-state index contributed by atoms with van der Waals surface area (Å²) in [5, 5.41) is 11.0. The molecule has 1 aliphatic carbocycles. The van der Waals surface area contributed by atoms with Crippen LogP contribution in [-0.4, -0.2) is 10.1 Å². The Balaban J connectivity index is 2.03. The summed E-state index contributed by atoms with van der Waals surface area (Å²) in [6.45, 7) is 1.91. The van der Waals surface area contributed by atoms with Gasteiger partial charge in [0.25, 0.3) is 0 Å². The highest BCUT2D eigenvalue weighted by Crippen LogP contribution is 2.43. The van der Waals surface area contributed by atoms with Gasteiger partial charge in [0.15, 0.2) is 0 Å². The first-order valence-electron chi connectivity index (χ1n) is 6.91. The third-order valence-corrected chi connectivity index (χ3v) is 4.23. The van der Waals surface area contributed by atoms with Gasteiger partial charge in [0.1, 0.15) is 0 Å². The van der Waals surface area contributed by atoms with Gasteiger partial charge in [0, 0.05) is 17.8 Å². The lowest BCUT2D eigenvalue weighted by Gasteiger charge is -2.36. The quantitative estimate of drug-likeness (QED) is 0.889. The minimum atomic E-state index is -0.856. The van der Waals surface area contributed by atoms with Gasteiger partial charge in [-0.2, -0.15) is 0 Å². The van der Waals surface area contributed by atoms with E-state index in [9.17, 15) is 5.11 Å². The molecule has 2 aromatic rings. The Bertz CT molecular complexity index is 562. The van der Waals surface area contributed by atoms with E-state index in [0.717, 1.165) is 30.5 Å². The Morgan fingerprint density at radius 3 is 2.74 bits per heavy atom. The molecule has 0 saturated carbocycles. The van der Waals surface area contributed by atoms with Crippen LogP contribution in [0.5, 0.6) is 0 Å². The molecule has 1 aliphatic rings. The largest absolute Gasteiger partial charge is 0.385 e. The van der Waals surface area contributed by atoms with E-state index >= 15 is 0 Å². The van der Waals surface area contributed by atoms with E-state index < -0.39 is 5.60 Å². The smallest absolute Gasteiger partial charge is 0.0951 e. The number of rotatable bonds is 2. The van der Waals surface area contributed by atoms with Crippen LogP contribution in [0.15, 0.2) is 48.7 Å². The fraction of sp³-hybridized carbons (Fsp3) is 0.353. The van der Waals surface area contributed by atoms with Crippen molar-refractivity contribution in [1.82, 2.24) is 4.98 Å². The van der Waals surface area contributed by atoms with Crippen molar-refractivity contribution in [3.8, 4) is 0 Å². The van der Waals surface area contributed by atoms with Gasteiger partial charge in [0.2, 0.25) is 0 Å². The average Bonchev–Trinajstić information content (AvgIpc) is 2.47. The van der Waals surface area contributed by atoms with Gasteiger partial charge in [0.05, 0.1) is 5.60 Å². The van der Waals surface area contributed by atoms with Gasteiger partial charge >= 0.3 is 0 Å². The van der Waals surface area contributed by atoms with E-state index in [-0.39, 0.29) is 5.92 Å². The fourth-order valence-electron chi connectivity index (χ4n) is 3.13. The molecule has 0 amide bonds. The van der Waals surface area contributed by atoms with E-state index in [4.69, 9.17) is 0 Å². The number of hydrogen-bond donors (Lipinski definition) is 1. The maximum absolute atomic E-state index is 11.0. The molecule has 19 heavy (non-hydrogen) atoms. The summed E-state index contributed by atoms with van der Waals surface area (Å²) in [4.78, 5) is 4.53. The second-order valence-electron chi connectivity index (χ2n) is 5.51. The maximum Gasteiger partial charge on any atom is 0.0951 e. The summed E-state index contributed by atoms with van der Waals surface area (Å²) in [5.74, 6) is 0.0832. The Hall–Kier alpha value is -1.67. The summed E-state index contributed by atoms with van der Waals surface area (Å²) in [7, 11) is 0. The summed E-state index contributed by atoms with van der Waals surface area (Å²) in [6, 6.07) is 14.0. The van der Waals surface area contributed by atoms with Gasteiger partial charge in [-0.05, 0) is 43.4 Å². The number of benzene rings is 1. The van der Waals surface area contributed by atoms with Crippen LogP contribution in [0.1, 0.15) is 42.5 Å². The van der Waals surface area contributed by atoms with E-state index in [2.05, 4.69) is 11.1 Å². The van der Waals surface area contributed by atoms with Crippen LogP contribution in [0.3, 0.4) is 0 Å². The van der Waals surface area contributed by atoms with Crippen LogP contribution in [0.25, 0.3) is 0 Å². The minimum absolute atomic E-state index is 0.0832. The molecule has 0 radical (unpaired) electrons. The lowest BCUT2D eigenvalue weighted by atomic mass is 9.73. The first-order valence-corrected chi connectivity index (χ1v) is 6.91. The topological polar surface area (TPSA) is 33.1 Å². The molecule has 2 nitrogen and oxygen atoms in total. The van der Waals surface area contributed by atoms with Crippen molar-refractivity contribution in [2.75, 3.05) is 0 Å². The molecule has 0 saturated heterocycles. The van der Waals surface area contributed by atoms with Crippen molar-refractivity contribution in [2.45, 2.75) is 37.7 Å². The number of aromatic nitrogens is 1. The van der Waals surface area contributed by atoms with Gasteiger partial charge in [-0.25, -0.2) is 0 Å². The minimum Gasteiger partial charge on any atom is -0.385 e. The van der Waals surface area contributed by atoms with Gasteiger partial charge in [-0.3, -0.25) is 4.98 Å². The van der Waals surface area contributed by atoms with E-state index in [1.807, 2.05) is 49.5 Å². The molecule has 0 spiro atoms. The van der Waals surface area contributed by atoms with Crippen molar-refractivity contribution < 1.29 is 5.11 Å². The molecule has 98 valence electrons. The zero-order valence-electron chi connectivity index (χ0n) is 11.2. The van der Waals surface area contributed by atoms with Crippen LogP contribution in [0, 0.1) is 0 Å². The number of aliphatic hydroxyl groups is 1. The molecule has 2 atom stereocenters. The van der Waals surface area contributed by atoms with Gasteiger partial charge in [-0.1, -0.05) is 36.4 Å². The summed E-state index contributed by atoms with van der Waals surface area (Å²) in [5.41, 5.74) is 2.47. The zero-order valence-corrected chi connectivity index (χ0v) is 11.2. The van der Waals surface area contributed by atoms with Crippen molar-refractivity contribution in [3.05, 3.63) is 65.5 Å². The highest BCUT2D eigenvalue weighted by atomic mass is 16.3. The van der Waals surface area contributed by atoms with Crippen LogP contribution in [0.4, 0.5) is 0 Å². The number of nitrogens with zero attached hydrogens (tertiary/aromatic N) is 1. The Kier molecular flexibility index (Phi) is 3.11. The Labute approximate surface area is 114 Å². The van der Waals surface area contributed by atoms with E-state index in [1.165, 1.54) is 5.56 Å². The lowest BCUT2D eigenvalue weighted by molar-refractivity contribution is 0.0189. The lowest BCUT2D eigenvalue weighted by Crippen LogP contribution is -2.33. The highest BCUT2D eigenvalue weighted by molar-refractivity contribution is 5.33. The summed E-state index contributed by atoms with van der Waals surface area (Å²) in [6.07, 6.45) is 5.01. The Morgan fingerprint density at radius 1 is 1.16 bits per heavy atom. The fourth-order valence-corrected chi connectivity index (χ4v) is 3.13. The summed E-state index contributed by atoms with van der Waals surface area (Å²) >= 11 is 0. The highest BCUT2D eigenvalue weighted by Gasteiger charge is 2.38. The van der Waals surface area contributed by atoms with Crippen LogP contribution >= 0.6 is 0 Å². The standard InChI is InChI=1S/C17H19NO/c1-17(19,14-9-3-2-4-10-14)15-11-5-7-13-8-6-12-18-16(13)15/h2-4,6,8-10,12,15,19H,5,7,11H2,1H3. The average molecular weight is 253 g/mol. The third kappa shape index (κ3) is 2.17. The second-order valence-corrected chi connectivity index (χ2v) is 5.51. The SMILES string of the molecule is CC(O)(c1ccccc1)C1CCCc2cccnc21. The molecular weight excluding hydrogens is 234 g/mol. The van der Waals surface area contributed by atoms with Gasteiger partial charge in [-0.15, -0.1) is 0 Å². The van der Waals surface area contributed by atoms with Gasteiger partial charge < -0.3 is 5.11 Å². The maximum atomic E-state index is 11.0. The van der Waals surface area contributed by atoms with E-state index in [0.29, 0.717) is 0 Å². The van der Waals surface area contributed by atoms with E-state index in [1.54, 1.807) is 0 Å². The molecule has 3 rings (SSSR count). The molecule has 1 heterocycles. The van der Waals surface area contributed by atoms with Crippen molar-refractivity contribution in [1.29, 1.82) is 0 Å². The predicted octanol–water partition coefficient (Wildman–Crippen LogP) is 3.41. The molecule has 2 heteroatoms. The van der Waals surface area contributed by atoms with Crippen molar-refractivity contribution in [2.24, 2.45) is 0 Å². The number of hydrogen-bond acceptors (Lipinski definition) is 2. The molecule has 2 unspecified atom stereocenters. The first kappa shape index (κ1) is 12.4.